The van der Waals surface area contributed by atoms with Crippen LogP contribution in [0.4, 0.5) is 18.9 Å². The molecule has 0 saturated heterocycles. The Morgan fingerprint density at radius 2 is 2.06 bits per heavy atom. The minimum atomic E-state index is -4.45. The Bertz CT molecular complexity index is 550. The molecule has 94 valence electrons. The standard InChI is InChI=1S/C11H7F3N2O2/c12-11(13,14)7-2-1-3-8(6-7)16-10(17)9-4-5-15-18-9/h1-6H,(H,16,17). The summed E-state index contributed by atoms with van der Waals surface area (Å²) in [6.45, 7) is 0. The quantitative estimate of drug-likeness (QED) is 0.898. The van der Waals surface area contributed by atoms with Crippen molar-refractivity contribution in [3.05, 3.63) is 47.9 Å². The molecule has 0 unspecified atom stereocenters. The summed E-state index contributed by atoms with van der Waals surface area (Å²) in [4.78, 5) is 11.5. The van der Waals surface area contributed by atoms with E-state index in [1.165, 1.54) is 24.4 Å². The summed E-state index contributed by atoms with van der Waals surface area (Å²) >= 11 is 0. The first-order valence-corrected chi connectivity index (χ1v) is 4.86. The van der Waals surface area contributed by atoms with E-state index in [1.54, 1.807) is 0 Å². The van der Waals surface area contributed by atoms with Crippen molar-refractivity contribution in [3.63, 3.8) is 0 Å². The number of aromatic nitrogens is 1. The Morgan fingerprint density at radius 3 is 2.67 bits per heavy atom. The number of hydrogen-bond acceptors (Lipinski definition) is 3. The number of anilines is 1. The van der Waals surface area contributed by atoms with E-state index in [0.717, 1.165) is 12.1 Å². The van der Waals surface area contributed by atoms with Crippen molar-refractivity contribution in [2.75, 3.05) is 5.32 Å². The summed E-state index contributed by atoms with van der Waals surface area (Å²) < 4.78 is 41.9. The number of carbonyl (C=O) groups is 1. The maximum atomic E-state index is 12.4. The molecule has 0 fully saturated rings. The molecule has 0 spiro atoms. The fourth-order valence-electron chi connectivity index (χ4n) is 1.30. The minimum absolute atomic E-state index is 0.0335. The summed E-state index contributed by atoms with van der Waals surface area (Å²) in [6.07, 6.45) is -3.19. The Morgan fingerprint density at radius 1 is 1.28 bits per heavy atom. The molecule has 0 aliphatic carbocycles. The van der Waals surface area contributed by atoms with E-state index in [9.17, 15) is 18.0 Å². The molecular formula is C11H7F3N2O2. The van der Waals surface area contributed by atoms with Gasteiger partial charge in [-0.2, -0.15) is 13.2 Å². The first kappa shape index (κ1) is 12.2. The lowest BCUT2D eigenvalue weighted by atomic mass is 10.2. The van der Waals surface area contributed by atoms with Crippen molar-refractivity contribution < 1.29 is 22.5 Å². The number of rotatable bonds is 2. The van der Waals surface area contributed by atoms with Crippen molar-refractivity contribution in [2.24, 2.45) is 0 Å². The van der Waals surface area contributed by atoms with Crippen LogP contribution >= 0.6 is 0 Å². The molecular weight excluding hydrogens is 249 g/mol. The number of halogens is 3. The fourth-order valence-corrected chi connectivity index (χ4v) is 1.30. The van der Waals surface area contributed by atoms with E-state index in [0.29, 0.717) is 0 Å². The molecule has 2 rings (SSSR count). The molecule has 0 aliphatic heterocycles. The third-order valence-corrected chi connectivity index (χ3v) is 2.11. The van der Waals surface area contributed by atoms with Gasteiger partial charge in [-0.1, -0.05) is 11.2 Å². The summed E-state index contributed by atoms with van der Waals surface area (Å²) in [5, 5.41) is 5.61. The van der Waals surface area contributed by atoms with E-state index in [2.05, 4.69) is 15.0 Å². The van der Waals surface area contributed by atoms with Crippen LogP contribution in [0.25, 0.3) is 0 Å². The van der Waals surface area contributed by atoms with Gasteiger partial charge in [0.1, 0.15) is 0 Å². The van der Waals surface area contributed by atoms with Crippen molar-refractivity contribution in [2.45, 2.75) is 6.18 Å². The first-order valence-electron chi connectivity index (χ1n) is 4.86. The van der Waals surface area contributed by atoms with Crippen LogP contribution in [0, 0.1) is 0 Å². The number of hydrogen-bond donors (Lipinski definition) is 1. The number of nitrogens with zero attached hydrogens (tertiary/aromatic N) is 1. The van der Waals surface area contributed by atoms with Gasteiger partial charge in [0.05, 0.1) is 11.8 Å². The molecule has 0 radical (unpaired) electrons. The summed E-state index contributed by atoms with van der Waals surface area (Å²) in [7, 11) is 0. The molecule has 0 aliphatic rings. The van der Waals surface area contributed by atoms with Gasteiger partial charge in [0, 0.05) is 11.8 Å². The van der Waals surface area contributed by atoms with E-state index >= 15 is 0 Å². The molecule has 1 aromatic carbocycles. The number of benzene rings is 1. The van der Waals surface area contributed by atoms with E-state index in [1.807, 2.05) is 0 Å². The molecule has 4 nitrogen and oxygen atoms in total. The molecule has 0 bridgehead atoms. The van der Waals surface area contributed by atoms with Crippen molar-refractivity contribution >= 4 is 11.6 Å². The molecule has 1 heterocycles. The van der Waals surface area contributed by atoms with Gasteiger partial charge in [0.2, 0.25) is 5.76 Å². The SMILES string of the molecule is O=C(Nc1cccc(C(F)(F)F)c1)c1ccno1. The maximum absolute atomic E-state index is 12.4. The predicted octanol–water partition coefficient (Wildman–Crippen LogP) is 2.95. The molecule has 0 saturated carbocycles. The summed E-state index contributed by atoms with van der Waals surface area (Å²) in [5.74, 6) is -0.737. The van der Waals surface area contributed by atoms with Gasteiger partial charge in [0.15, 0.2) is 0 Å². The minimum Gasteiger partial charge on any atom is -0.351 e. The van der Waals surface area contributed by atoms with Crippen LogP contribution in [-0.4, -0.2) is 11.1 Å². The zero-order chi connectivity index (χ0) is 13.2. The summed E-state index contributed by atoms with van der Waals surface area (Å²) in [6, 6.07) is 5.63. The van der Waals surface area contributed by atoms with Crippen LogP contribution in [0.2, 0.25) is 0 Å². The Kier molecular flexibility index (Phi) is 3.05. The second kappa shape index (κ2) is 4.52. The highest BCUT2D eigenvalue weighted by Crippen LogP contribution is 2.30. The summed E-state index contributed by atoms with van der Waals surface area (Å²) in [5.41, 5.74) is -0.802. The van der Waals surface area contributed by atoms with Crippen LogP contribution in [0.1, 0.15) is 16.1 Å². The predicted molar refractivity (Wildman–Crippen MR) is 55.9 cm³/mol. The Hall–Kier alpha value is -2.31. The fraction of sp³-hybridized carbons (Fsp3) is 0.0909. The van der Waals surface area contributed by atoms with Gasteiger partial charge in [-0.25, -0.2) is 0 Å². The molecule has 7 heteroatoms. The maximum Gasteiger partial charge on any atom is 0.416 e. The molecule has 2 aromatic rings. The smallest absolute Gasteiger partial charge is 0.351 e. The number of carbonyl (C=O) groups excluding carboxylic acids is 1. The van der Waals surface area contributed by atoms with Crippen LogP contribution in [0.3, 0.4) is 0 Å². The monoisotopic (exact) mass is 256 g/mol. The van der Waals surface area contributed by atoms with Gasteiger partial charge in [-0.05, 0) is 18.2 Å². The highest BCUT2D eigenvalue weighted by molar-refractivity contribution is 6.02. The zero-order valence-electron chi connectivity index (χ0n) is 8.86. The van der Waals surface area contributed by atoms with Crippen LogP contribution in [0.5, 0.6) is 0 Å². The first-order chi connectivity index (χ1) is 8.47. The Balaban J connectivity index is 2.18. The second-order valence-electron chi connectivity index (χ2n) is 3.41. The number of amides is 1. The third kappa shape index (κ3) is 2.68. The van der Waals surface area contributed by atoms with E-state index in [-0.39, 0.29) is 11.4 Å². The zero-order valence-corrected chi connectivity index (χ0v) is 8.86. The van der Waals surface area contributed by atoms with E-state index < -0.39 is 17.6 Å². The number of alkyl halides is 3. The van der Waals surface area contributed by atoms with Gasteiger partial charge < -0.3 is 9.84 Å². The van der Waals surface area contributed by atoms with Crippen LogP contribution in [-0.2, 0) is 6.18 Å². The van der Waals surface area contributed by atoms with E-state index in [4.69, 9.17) is 0 Å². The average molecular weight is 256 g/mol. The van der Waals surface area contributed by atoms with Gasteiger partial charge in [-0.15, -0.1) is 0 Å². The molecule has 18 heavy (non-hydrogen) atoms. The van der Waals surface area contributed by atoms with Gasteiger partial charge in [0.25, 0.3) is 5.91 Å². The second-order valence-corrected chi connectivity index (χ2v) is 3.41. The van der Waals surface area contributed by atoms with Crippen molar-refractivity contribution in [3.8, 4) is 0 Å². The third-order valence-electron chi connectivity index (χ3n) is 2.11. The molecule has 0 atom stereocenters. The highest BCUT2D eigenvalue weighted by Gasteiger charge is 2.30. The lowest BCUT2D eigenvalue weighted by Gasteiger charge is -2.08. The molecule has 1 N–H and O–H groups in total. The number of nitrogens with one attached hydrogen (secondary N) is 1. The van der Waals surface area contributed by atoms with Gasteiger partial charge in [-0.3, -0.25) is 4.79 Å². The molecule has 1 amide bonds. The topological polar surface area (TPSA) is 55.1 Å². The molecule has 1 aromatic heterocycles. The lowest BCUT2D eigenvalue weighted by Crippen LogP contribution is -2.12. The van der Waals surface area contributed by atoms with Gasteiger partial charge >= 0.3 is 6.18 Å². The van der Waals surface area contributed by atoms with Crippen LogP contribution < -0.4 is 5.32 Å². The average Bonchev–Trinajstić information content (AvgIpc) is 2.81. The Labute approximate surface area is 99.4 Å². The highest BCUT2D eigenvalue weighted by atomic mass is 19.4. The van der Waals surface area contributed by atoms with Crippen molar-refractivity contribution in [1.82, 2.24) is 5.16 Å². The van der Waals surface area contributed by atoms with Crippen molar-refractivity contribution in [1.29, 1.82) is 0 Å². The van der Waals surface area contributed by atoms with Crippen LogP contribution in [0.15, 0.2) is 41.1 Å². The lowest BCUT2D eigenvalue weighted by molar-refractivity contribution is -0.137. The largest absolute Gasteiger partial charge is 0.416 e. The normalized spacial score (nSPS) is 11.3.